The molecule has 0 bridgehead atoms. The molecule has 1 unspecified atom stereocenters. The normalized spacial score (nSPS) is 23.4. The van der Waals surface area contributed by atoms with Crippen LogP contribution in [0.1, 0.15) is 37.7 Å². The van der Waals surface area contributed by atoms with E-state index in [4.69, 9.17) is 4.42 Å². The van der Waals surface area contributed by atoms with Crippen LogP contribution in [0.15, 0.2) is 23.0 Å². The zero-order valence-corrected chi connectivity index (χ0v) is 8.37. The third kappa shape index (κ3) is 2.25. The smallest absolute Gasteiger partial charge is 0.136 e. The van der Waals surface area contributed by atoms with Crippen LogP contribution in [0, 0.1) is 5.92 Å². The molecular formula is C12H16O2. The molecule has 0 aromatic carbocycles. The molecule has 1 atom stereocenters. The number of rotatable bonds is 2. The first-order valence-electron chi connectivity index (χ1n) is 5.40. The number of carbonyl (C=O) groups excluding carboxylic acids is 1. The quantitative estimate of drug-likeness (QED) is 0.674. The molecule has 2 heteroatoms. The summed E-state index contributed by atoms with van der Waals surface area (Å²) in [5, 5.41) is 0. The molecule has 2 rings (SSSR count). The van der Waals surface area contributed by atoms with Gasteiger partial charge in [0.2, 0.25) is 0 Å². The van der Waals surface area contributed by atoms with Crippen molar-refractivity contribution in [3.63, 3.8) is 0 Å². The van der Waals surface area contributed by atoms with Crippen LogP contribution in [0.4, 0.5) is 0 Å². The van der Waals surface area contributed by atoms with Crippen LogP contribution >= 0.6 is 0 Å². The van der Waals surface area contributed by atoms with Crippen LogP contribution in [-0.4, -0.2) is 5.78 Å². The van der Waals surface area contributed by atoms with E-state index in [1.807, 2.05) is 6.07 Å². The van der Waals surface area contributed by atoms with Crippen molar-refractivity contribution in [1.29, 1.82) is 0 Å². The molecular weight excluding hydrogens is 176 g/mol. The molecule has 1 heterocycles. The van der Waals surface area contributed by atoms with Gasteiger partial charge < -0.3 is 4.42 Å². The molecule has 0 radical (unpaired) electrons. The third-order valence-corrected chi connectivity index (χ3v) is 2.99. The molecule has 0 N–H and O–H groups in total. The largest absolute Gasteiger partial charge is 0.472 e. The number of hydrogen-bond donors (Lipinski definition) is 0. The summed E-state index contributed by atoms with van der Waals surface area (Å²) < 4.78 is 5.01. The van der Waals surface area contributed by atoms with Crippen molar-refractivity contribution >= 4 is 5.78 Å². The molecule has 0 spiro atoms. The number of hydrogen-bond acceptors (Lipinski definition) is 2. The number of carbonyl (C=O) groups is 1. The Kier molecular flexibility index (Phi) is 3.02. The second kappa shape index (κ2) is 4.45. The van der Waals surface area contributed by atoms with E-state index >= 15 is 0 Å². The Bertz CT molecular complexity index is 287. The fraction of sp³-hybridized carbons (Fsp3) is 0.583. The van der Waals surface area contributed by atoms with Crippen molar-refractivity contribution in [3.05, 3.63) is 24.2 Å². The van der Waals surface area contributed by atoms with Crippen LogP contribution in [-0.2, 0) is 11.2 Å². The Morgan fingerprint density at radius 2 is 2.29 bits per heavy atom. The molecule has 1 fully saturated rings. The van der Waals surface area contributed by atoms with Gasteiger partial charge in [0.05, 0.1) is 12.5 Å². The first kappa shape index (κ1) is 9.50. The Morgan fingerprint density at radius 3 is 3.07 bits per heavy atom. The minimum absolute atomic E-state index is 0.245. The molecule has 14 heavy (non-hydrogen) atoms. The molecule has 0 aliphatic heterocycles. The van der Waals surface area contributed by atoms with E-state index in [-0.39, 0.29) is 5.92 Å². The minimum Gasteiger partial charge on any atom is -0.472 e. The second-order valence-corrected chi connectivity index (χ2v) is 4.10. The van der Waals surface area contributed by atoms with Crippen LogP contribution < -0.4 is 0 Å². The molecule has 2 nitrogen and oxygen atoms in total. The van der Waals surface area contributed by atoms with Gasteiger partial charge in [-0.1, -0.05) is 12.8 Å². The van der Waals surface area contributed by atoms with Crippen molar-refractivity contribution in [3.8, 4) is 0 Å². The molecule has 1 aromatic heterocycles. The van der Waals surface area contributed by atoms with Crippen molar-refractivity contribution in [2.45, 2.75) is 38.5 Å². The Labute approximate surface area is 84.3 Å². The van der Waals surface area contributed by atoms with Crippen LogP contribution in [0.3, 0.4) is 0 Å². The Hall–Kier alpha value is -1.05. The summed E-state index contributed by atoms with van der Waals surface area (Å²) >= 11 is 0. The van der Waals surface area contributed by atoms with Gasteiger partial charge in [0.1, 0.15) is 5.78 Å². The van der Waals surface area contributed by atoms with E-state index in [1.165, 1.54) is 12.8 Å². The molecule has 0 amide bonds. The third-order valence-electron chi connectivity index (χ3n) is 2.99. The van der Waals surface area contributed by atoms with Gasteiger partial charge in [0.25, 0.3) is 0 Å². The molecule has 1 saturated carbocycles. The number of ketones is 1. The highest BCUT2D eigenvalue weighted by Crippen LogP contribution is 2.23. The highest BCUT2D eigenvalue weighted by Gasteiger charge is 2.20. The Balaban J connectivity index is 1.98. The second-order valence-electron chi connectivity index (χ2n) is 4.10. The van der Waals surface area contributed by atoms with E-state index in [1.54, 1.807) is 12.5 Å². The molecule has 1 aromatic rings. The maximum atomic E-state index is 11.7. The lowest BCUT2D eigenvalue weighted by Crippen LogP contribution is -2.14. The number of furan rings is 1. The zero-order valence-electron chi connectivity index (χ0n) is 8.37. The first-order chi connectivity index (χ1) is 6.86. The fourth-order valence-electron chi connectivity index (χ4n) is 2.14. The van der Waals surface area contributed by atoms with E-state index in [2.05, 4.69) is 0 Å². The van der Waals surface area contributed by atoms with Gasteiger partial charge in [-0.15, -0.1) is 0 Å². The van der Waals surface area contributed by atoms with Crippen LogP contribution in [0.25, 0.3) is 0 Å². The highest BCUT2D eigenvalue weighted by atomic mass is 16.3. The van der Waals surface area contributed by atoms with E-state index in [0.717, 1.165) is 31.2 Å². The van der Waals surface area contributed by atoms with Crippen molar-refractivity contribution < 1.29 is 9.21 Å². The summed E-state index contributed by atoms with van der Waals surface area (Å²) in [7, 11) is 0. The first-order valence-corrected chi connectivity index (χ1v) is 5.40. The Morgan fingerprint density at radius 1 is 1.36 bits per heavy atom. The highest BCUT2D eigenvalue weighted by molar-refractivity contribution is 5.81. The van der Waals surface area contributed by atoms with Crippen molar-refractivity contribution in [2.24, 2.45) is 5.92 Å². The molecule has 0 saturated heterocycles. The summed E-state index contributed by atoms with van der Waals surface area (Å²) in [6.45, 7) is 0. The standard InChI is InChI=1S/C12H16O2/c13-12-5-3-1-2-4-11(12)8-10-6-7-14-9-10/h6-7,9,11H,1-5,8H2. The lowest BCUT2D eigenvalue weighted by Gasteiger charge is -2.10. The molecule has 1 aliphatic carbocycles. The van der Waals surface area contributed by atoms with Crippen molar-refractivity contribution in [1.82, 2.24) is 0 Å². The van der Waals surface area contributed by atoms with Crippen LogP contribution in [0.2, 0.25) is 0 Å². The van der Waals surface area contributed by atoms with Crippen LogP contribution in [0.5, 0.6) is 0 Å². The van der Waals surface area contributed by atoms with Gasteiger partial charge in [-0.05, 0) is 30.9 Å². The maximum absolute atomic E-state index is 11.7. The lowest BCUT2D eigenvalue weighted by molar-refractivity contribution is -0.122. The van der Waals surface area contributed by atoms with Gasteiger partial charge in [-0.3, -0.25) is 4.79 Å². The van der Waals surface area contributed by atoms with Gasteiger partial charge in [-0.25, -0.2) is 0 Å². The van der Waals surface area contributed by atoms with E-state index in [0.29, 0.717) is 5.78 Å². The molecule has 76 valence electrons. The fourth-order valence-corrected chi connectivity index (χ4v) is 2.14. The van der Waals surface area contributed by atoms with Gasteiger partial charge in [0.15, 0.2) is 0 Å². The van der Waals surface area contributed by atoms with Gasteiger partial charge >= 0.3 is 0 Å². The maximum Gasteiger partial charge on any atom is 0.136 e. The SMILES string of the molecule is O=C1CCCCCC1Cc1ccoc1. The van der Waals surface area contributed by atoms with Gasteiger partial charge in [0, 0.05) is 12.3 Å². The van der Waals surface area contributed by atoms with Gasteiger partial charge in [-0.2, -0.15) is 0 Å². The summed E-state index contributed by atoms with van der Waals surface area (Å²) in [6, 6.07) is 1.96. The minimum atomic E-state index is 0.245. The summed E-state index contributed by atoms with van der Waals surface area (Å²) in [4.78, 5) is 11.7. The van der Waals surface area contributed by atoms with E-state index < -0.39 is 0 Å². The lowest BCUT2D eigenvalue weighted by atomic mass is 9.93. The van der Waals surface area contributed by atoms with E-state index in [9.17, 15) is 4.79 Å². The zero-order chi connectivity index (χ0) is 9.80. The topological polar surface area (TPSA) is 30.2 Å². The average molecular weight is 192 g/mol. The predicted molar refractivity (Wildman–Crippen MR) is 54.0 cm³/mol. The number of Topliss-reactive ketones (excluding diaryl/α,β-unsaturated/α-hetero) is 1. The molecule has 1 aliphatic rings. The van der Waals surface area contributed by atoms with Crippen molar-refractivity contribution in [2.75, 3.05) is 0 Å². The summed E-state index contributed by atoms with van der Waals surface area (Å²) in [6.07, 6.45) is 9.64. The summed E-state index contributed by atoms with van der Waals surface area (Å²) in [5.74, 6) is 0.693. The summed E-state index contributed by atoms with van der Waals surface area (Å²) in [5.41, 5.74) is 1.16. The predicted octanol–water partition coefficient (Wildman–Crippen LogP) is 2.97. The monoisotopic (exact) mass is 192 g/mol. The average Bonchev–Trinajstić information content (AvgIpc) is 2.60.